The summed E-state index contributed by atoms with van der Waals surface area (Å²) < 4.78 is 0. The third-order valence-corrected chi connectivity index (χ3v) is 2.32. The van der Waals surface area contributed by atoms with Crippen molar-refractivity contribution in [2.24, 2.45) is 0 Å². The van der Waals surface area contributed by atoms with Gasteiger partial charge in [0.15, 0.2) is 5.75 Å². The Labute approximate surface area is 96.9 Å². The second-order valence-corrected chi connectivity index (χ2v) is 3.74. The maximum atomic E-state index is 10.9. The maximum absolute atomic E-state index is 10.9. The van der Waals surface area contributed by atoms with Gasteiger partial charge < -0.3 is 10.4 Å². The van der Waals surface area contributed by atoms with Crippen LogP contribution in [0.2, 0.25) is 5.15 Å². The minimum absolute atomic E-state index is 0.0739. The van der Waals surface area contributed by atoms with Gasteiger partial charge in [-0.3, -0.25) is 4.79 Å². The minimum atomic E-state index is -0.253. The summed E-state index contributed by atoms with van der Waals surface area (Å²) in [4.78, 5) is 14.9. The molecule has 16 heavy (non-hydrogen) atoms. The highest BCUT2D eigenvalue weighted by atomic mass is 35.5. The highest BCUT2D eigenvalue weighted by Crippen LogP contribution is 2.31. The molecule has 2 rings (SSSR count). The number of hydrogen-bond donors (Lipinski definition) is 2. The third-order valence-electron chi connectivity index (χ3n) is 2.11. The molecule has 5 heteroatoms. The fourth-order valence-electron chi connectivity index (χ4n) is 1.44. The Bertz CT molecular complexity index is 569. The molecular formula is C11H9ClN2O2. The molecule has 1 aromatic heterocycles. The molecular weight excluding hydrogens is 228 g/mol. The number of benzene rings is 1. The highest BCUT2D eigenvalue weighted by Gasteiger charge is 2.08. The first-order valence-electron chi connectivity index (χ1n) is 4.64. The first-order valence-corrected chi connectivity index (χ1v) is 5.01. The molecule has 0 aliphatic rings. The van der Waals surface area contributed by atoms with Crippen LogP contribution in [0, 0.1) is 0 Å². The van der Waals surface area contributed by atoms with Crippen molar-refractivity contribution in [3.05, 3.63) is 29.4 Å². The Morgan fingerprint density at radius 2 is 2.06 bits per heavy atom. The number of phenolic OH excluding ortho intramolecular Hbond substituents is 1. The second-order valence-electron chi connectivity index (χ2n) is 3.35. The van der Waals surface area contributed by atoms with Crippen molar-refractivity contribution in [3.8, 4) is 5.75 Å². The molecule has 2 aromatic rings. The number of anilines is 1. The van der Waals surface area contributed by atoms with Gasteiger partial charge in [-0.1, -0.05) is 17.7 Å². The van der Waals surface area contributed by atoms with E-state index in [1.165, 1.54) is 6.92 Å². The zero-order valence-electron chi connectivity index (χ0n) is 8.49. The van der Waals surface area contributed by atoms with Crippen LogP contribution >= 0.6 is 11.6 Å². The van der Waals surface area contributed by atoms with Crippen LogP contribution in [-0.4, -0.2) is 16.0 Å². The van der Waals surface area contributed by atoms with Crippen LogP contribution < -0.4 is 5.32 Å². The molecule has 0 aliphatic carbocycles. The number of nitrogens with one attached hydrogen (secondary N) is 1. The zero-order chi connectivity index (χ0) is 11.7. The molecule has 2 N–H and O–H groups in total. The average Bonchev–Trinajstić information content (AvgIpc) is 2.22. The van der Waals surface area contributed by atoms with Gasteiger partial charge in [0.25, 0.3) is 0 Å². The summed E-state index contributed by atoms with van der Waals surface area (Å²) in [6.07, 6.45) is 0. The van der Waals surface area contributed by atoms with Crippen LogP contribution in [-0.2, 0) is 4.79 Å². The second kappa shape index (κ2) is 3.98. The molecule has 0 bridgehead atoms. The summed E-state index contributed by atoms with van der Waals surface area (Å²) in [6, 6.07) is 6.77. The Morgan fingerprint density at radius 1 is 1.38 bits per heavy atom. The molecule has 0 spiro atoms. The molecule has 0 radical (unpaired) electrons. The largest absolute Gasteiger partial charge is 0.504 e. The van der Waals surface area contributed by atoms with E-state index in [4.69, 9.17) is 11.6 Å². The van der Waals surface area contributed by atoms with E-state index in [-0.39, 0.29) is 11.7 Å². The van der Waals surface area contributed by atoms with Crippen LogP contribution in [0.25, 0.3) is 10.9 Å². The van der Waals surface area contributed by atoms with Gasteiger partial charge in [-0.15, -0.1) is 0 Å². The van der Waals surface area contributed by atoms with Crippen molar-refractivity contribution in [2.45, 2.75) is 6.92 Å². The maximum Gasteiger partial charge on any atom is 0.221 e. The van der Waals surface area contributed by atoms with Gasteiger partial charge >= 0.3 is 0 Å². The van der Waals surface area contributed by atoms with Gasteiger partial charge in [0.05, 0.1) is 5.69 Å². The van der Waals surface area contributed by atoms with E-state index in [9.17, 15) is 9.90 Å². The van der Waals surface area contributed by atoms with Crippen molar-refractivity contribution in [1.82, 2.24) is 4.98 Å². The number of pyridine rings is 1. The number of carbonyl (C=O) groups excluding carboxylic acids is 1. The summed E-state index contributed by atoms with van der Waals surface area (Å²) in [7, 11) is 0. The molecule has 1 aromatic carbocycles. The van der Waals surface area contributed by atoms with Gasteiger partial charge in [-0.25, -0.2) is 4.98 Å². The number of amides is 1. The van der Waals surface area contributed by atoms with Gasteiger partial charge in [-0.05, 0) is 18.2 Å². The van der Waals surface area contributed by atoms with Gasteiger partial charge in [0, 0.05) is 12.3 Å². The Kier molecular flexibility index (Phi) is 2.66. The van der Waals surface area contributed by atoms with Gasteiger partial charge in [0.1, 0.15) is 10.7 Å². The summed E-state index contributed by atoms with van der Waals surface area (Å²) in [5.74, 6) is -0.327. The number of rotatable bonds is 1. The quantitative estimate of drug-likeness (QED) is 0.591. The molecule has 82 valence electrons. The third kappa shape index (κ3) is 1.92. The topological polar surface area (TPSA) is 62.2 Å². The van der Waals surface area contributed by atoms with E-state index in [1.807, 2.05) is 0 Å². The van der Waals surface area contributed by atoms with Crippen LogP contribution in [0.4, 0.5) is 5.69 Å². The molecule has 0 fully saturated rings. The van der Waals surface area contributed by atoms with Crippen molar-refractivity contribution in [1.29, 1.82) is 0 Å². The van der Waals surface area contributed by atoms with Crippen LogP contribution in [0.1, 0.15) is 6.92 Å². The summed E-state index contributed by atoms with van der Waals surface area (Å²) in [5.41, 5.74) is 0.702. The monoisotopic (exact) mass is 236 g/mol. The van der Waals surface area contributed by atoms with Crippen LogP contribution in [0.5, 0.6) is 5.75 Å². The number of fused-ring (bicyclic) bond motifs is 1. The molecule has 4 nitrogen and oxygen atoms in total. The van der Waals surface area contributed by atoms with Crippen LogP contribution in [0.15, 0.2) is 24.3 Å². The first-order chi connectivity index (χ1) is 7.58. The molecule has 0 saturated carbocycles. The first kappa shape index (κ1) is 10.7. The lowest BCUT2D eigenvalue weighted by atomic mass is 10.2. The average molecular weight is 237 g/mol. The van der Waals surface area contributed by atoms with Gasteiger partial charge in [-0.2, -0.15) is 0 Å². The van der Waals surface area contributed by atoms with E-state index >= 15 is 0 Å². The number of hydrogen-bond acceptors (Lipinski definition) is 3. The summed E-state index contributed by atoms with van der Waals surface area (Å²) >= 11 is 5.74. The standard InChI is InChI=1S/C11H9ClN2O2/c1-6(15)13-8-4-2-7-3-5-9(12)14-10(7)11(8)16/h2-5,16H,1H3,(H,13,15). The molecule has 1 heterocycles. The minimum Gasteiger partial charge on any atom is -0.504 e. The normalized spacial score (nSPS) is 10.4. The Balaban J connectivity index is 2.63. The lowest BCUT2D eigenvalue weighted by molar-refractivity contribution is -0.114. The zero-order valence-corrected chi connectivity index (χ0v) is 9.25. The predicted octanol–water partition coefficient (Wildman–Crippen LogP) is 2.55. The van der Waals surface area contributed by atoms with Crippen molar-refractivity contribution in [2.75, 3.05) is 5.32 Å². The van der Waals surface area contributed by atoms with Crippen molar-refractivity contribution < 1.29 is 9.90 Å². The number of aromatic nitrogens is 1. The fraction of sp³-hybridized carbons (Fsp3) is 0.0909. The SMILES string of the molecule is CC(=O)Nc1ccc2ccc(Cl)nc2c1O. The molecule has 0 aliphatic heterocycles. The van der Waals surface area contributed by atoms with E-state index in [1.54, 1.807) is 24.3 Å². The number of carbonyl (C=O) groups is 1. The number of phenols is 1. The van der Waals surface area contributed by atoms with Crippen LogP contribution in [0.3, 0.4) is 0 Å². The predicted molar refractivity (Wildman–Crippen MR) is 62.7 cm³/mol. The van der Waals surface area contributed by atoms with Crippen molar-refractivity contribution >= 4 is 34.1 Å². The number of nitrogens with zero attached hydrogens (tertiary/aromatic N) is 1. The number of halogens is 1. The van der Waals surface area contributed by atoms with E-state index in [0.29, 0.717) is 16.4 Å². The molecule has 0 unspecified atom stereocenters. The summed E-state index contributed by atoms with van der Waals surface area (Å²) in [6.45, 7) is 1.37. The fourth-order valence-corrected chi connectivity index (χ4v) is 1.59. The van der Waals surface area contributed by atoms with Gasteiger partial charge in [0.2, 0.25) is 5.91 Å². The van der Waals surface area contributed by atoms with E-state index in [0.717, 1.165) is 5.39 Å². The smallest absolute Gasteiger partial charge is 0.221 e. The van der Waals surface area contributed by atoms with Crippen molar-refractivity contribution in [3.63, 3.8) is 0 Å². The Hall–Kier alpha value is -1.81. The Morgan fingerprint density at radius 3 is 2.75 bits per heavy atom. The lowest BCUT2D eigenvalue weighted by Crippen LogP contribution is -2.05. The van der Waals surface area contributed by atoms with E-state index < -0.39 is 0 Å². The number of aromatic hydroxyl groups is 1. The van der Waals surface area contributed by atoms with E-state index in [2.05, 4.69) is 10.3 Å². The molecule has 1 amide bonds. The highest BCUT2D eigenvalue weighted by molar-refractivity contribution is 6.29. The summed E-state index contributed by atoms with van der Waals surface area (Å²) in [5, 5.41) is 13.5. The lowest BCUT2D eigenvalue weighted by Gasteiger charge is -2.07. The molecule has 0 atom stereocenters. The molecule has 0 saturated heterocycles.